The Morgan fingerprint density at radius 1 is 1.14 bits per heavy atom. The van der Waals surface area contributed by atoms with Crippen molar-refractivity contribution < 1.29 is 19.2 Å². The zero-order valence-electron chi connectivity index (χ0n) is 15.9. The first-order chi connectivity index (χ1) is 13.4. The van der Waals surface area contributed by atoms with Crippen LogP contribution in [0.25, 0.3) is 0 Å². The molecule has 2 aliphatic rings. The minimum Gasteiger partial charge on any atom is -0.379 e. The van der Waals surface area contributed by atoms with Crippen molar-refractivity contribution in [3.05, 3.63) is 28.3 Å². The van der Waals surface area contributed by atoms with Crippen molar-refractivity contribution in [1.82, 2.24) is 9.80 Å². The van der Waals surface area contributed by atoms with Crippen molar-refractivity contribution in [2.24, 2.45) is 0 Å². The summed E-state index contributed by atoms with van der Waals surface area (Å²) < 4.78 is 5.26. The highest BCUT2D eigenvalue weighted by molar-refractivity contribution is 5.95. The highest BCUT2D eigenvalue weighted by atomic mass is 16.6. The lowest BCUT2D eigenvalue weighted by molar-refractivity contribution is -0.383. The number of rotatable bonds is 5. The van der Waals surface area contributed by atoms with E-state index in [-0.39, 0.29) is 29.7 Å². The van der Waals surface area contributed by atoms with Gasteiger partial charge in [-0.15, -0.1) is 0 Å². The van der Waals surface area contributed by atoms with Gasteiger partial charge in [-0.05, 0) is 12.1 Å². The molecule has 0 spiro atoms. The molecule has 10 heteroatoms. The summed E-state index contributed by atoms with van der Waals surface area (Å²) in [4.78, 5) is 40.5. The van der Waals surface area contributed by atoms with Gasteiger partial charge >= 0.3 is 0 Å². The Hall–Kier alpha value is -2.72. The van der Waals surface area contributed by atoms with E-state index in [1.807, 2.05) is 4.90 Å². The molecule has 0 atom stereocenters. The number of nitro benzene ring substituents is 1. The normalized spacial score (nSPS) is 18.0. The van der Waals surface area contributed by atoms with Crippen molar-refractivity contribution in [3.8, 4) is 0 Å². The van der Waals surface area contributed by atoms with E-state index in [0.717, 1.165) is 5.69 Å². The lowest BCUT2D eigenvalue weighted by Crippen LogP contribution is -2.48. The smallest absolute Gasteiger partial charge is 0.292 e. The lowest BCUT2D eigenvalue weighted by Gasteiger charge is -2.35. The summed E-state index contributed by atoms with van der Waals surface area (Å²) in [5, 5.41) is 14.1. The first-order valence-corrected chi connectivity index (χ1v) is 9.33. The first-order valence-electron chi connectivity index (χ1n) is 9.33. The number of piperazine rings is 1. The molecular formula is C18H25N5O5. The van der Waals surface area contributed by atoms with Gasteiger partial charge < -0.3 is 19.9 Å². The van der Waals surface area contributed by atoms with Crippen LogP contribution in [0.1, 0.15) is 6.92 Å². The van der Waals surface area contributed by atoms with E-state index >= 15 is 0 Å². The predicted molar refractivity (Wildman–Crippen MR) is 103 cm³/mol. The van der Waals surface area contributed by atoms with E-state index in [2.05, 4.69) is 10.2 Å². The Bertz CT molecular complexity index is 742. The van der Waals surface area contributed by atoms with E-state index < -0.39 is 4.92 Å². The molecule has 3 rings (SSSR count). The number of carbonyl (C=O) groups excluding carboxylic acids is 2. The standard InChI is InChI=1S/C18H25N5O5/c1-14(24)21-4-6-22(7-5-21)15-2-3-17(23(26)27)16(12-15)19-18(25)13-20-8-10-28-11-9-20/h2-3,12H,4-11,13H2,1H3,(H,19,25). The SMILES string of the molecule is CC(=O)N1CCN(c2ccc([N+](=O)[O-])c(NC(=O)CN3CCOCC3)c2)CC1. The minimum absolute atomic E-state index is 0.0411. The maximum absolute atomic E-state index is 12.4. The van der Waals surface area contributed by atoms with Gasteiger partial charge in [0.2, 0.25) is 11.8 Å². The molecule has 1 aromatic rings. The molecule has 0 radical (unpaired) electrons. The van der Waals surface area contributed by atoms with Crippen LogP contribution in [0.4, 0.5) is 17.1 Å². The largest absolute Gasteiger partial charge is 0.379 e. The molecule has 0 saturated carbocycles. The van der Waals surface area contributed by atoms with Crippen LogP contribution < -0.4 is 10.2 Å². The molecule has 1 aromatic carbocycles. The van der Waals surface area contributed by atoms with Crippen LogP contribution in [0.15, 0.2) is 18.2 Å². The summed E-state index contributed by atoms with van der Waals surface area (Å²) in [6.07, 6.45) is 0. The van der Waals surface area contributed by atoms with Gasteiger partial charge in [0.25, 0.3) is 5.69 Å². The summed E-state index contributed by atoms with van der Waals surface area (Å²) in [6, 6.07) is 4.73. The maximum atomic E-state index is 12.4. The fourth-order valence-electron chi connectivity index (χ4n) is 3.41. The molecule has 0 unspecified atom stereocenters. The van der Waals surface area contributed by atoms with Gasteiger partial charge in [-0.2, -0.15) is 0 Å². The average molecular weight is 391 g/mol. The Labute approximate surface area is 163 Å². The third kappa shape index (κ3) is 4.96. The van der Waals surface area contributed by atoms with Crippen LogP contribution in [0, 0.1) is 10.1 Å². The average Bonchev–Trinajstić information content (AvgIpc) is 2.68. The van der Waals surface area contributed by atoms with Crippen LogP contribution >= 0.6 is 0 Å². The number of hydrogen-bond donors (Lipinski definition) is 1. The Kier molecular flexibility index (Phi) is 6.42. The Morgan fingerprint density at radius 2 is 1.82 bits per heavy atom. The molecule has 1 N–H and O–H groups in total. The first kappa shape index (κ1) is 20.0. The van der Waals surface area contributed by atoms with Crippen LogP contribution in [0.2, 0.25) is 0 Å². The molecule has 0 aliphatic carbocycles. The van der Waals surface area contributed by atoms with E-state index in [1.165, 1.54) is 6.07 Å². The van der Waals surface area contributed by atoms with E-state index in [9.17, 15) is 19.7 Å². The highest BCUT2D eigenvalue weighted by Gasteiger charge is 2.23. The number of hydrogen-bond acceptors (Lipinski definition) is 7. The van der Waals surface area contributed by atoms with Crippen LogP contribution in [-0.2, 0) is 14.3 Å². The molecule has 2 aliphatic heterocycles. The van der Waals surface area contributed by atoms with Gasteiger partial charge in [0.1, 0.15) is 5.69 Å². The number of morpholine rings is 1. The maximum Gasteiger partial charge on any atom is 0.292 e. The fourth-order valence-corrected chi connectivity index (χ4v) is 3.41. The molecular weight excluding hydrogens is 366 g/mol. The number of nitrogens with zero attached hydrogens (tertiary/aromatic N) is 4. The van der Waals surface area contributed by atoms with Crippen LogP contribution in [0.5, 0.6) is 0 Å². The number of ether oxygens (including phenoxy) is 1. The number of carbonyl (C=O) groups is 2. The third-order valence-electron chi connectivity index (χ3n) is 5.01. The quantitative estimate of drug-likeness (QED) is 0.576. The van der Waals surface area contributed by atoms with Gasteiger partial charge in [-0.1, -0.05) is 0 Å². The van der Waals surface area contributed by atoms with Gasteiger partial charge in [0.05, 0.1) is 24.7 Å². The summed E-state index contributed by atoms with van der Waals surface area (Å²) in [7, 11) is 0. The van der Waals surface area contributed by atoms with E-state index in [0.29, 0.717) is 52.5 Å². The number of amides is 2. The number of nitro groups is 1. The number of benzene rings is 1. The molecule has 2 amide bonds. The molecule has 2 saturated heterocycles. The van der Waals surface area contributed by atoms with Crippen molar-refractivity contribution in [2.45, 2.75) is 6.92 Å². The molecule has 152 valence electrons. The van der Waals surface area contributed by atoms with Crippen molar-refractivity contribution in [1.29, 1.82) is 0 Å². The van der Waals surface area contributed by atoms with Crippen molar-refractivity contribution >= 4 is 28.9 Å². The number of nitrogens with one attached hydrogen (secondary N) is 1. The molecule has 10 nitrogen and oxygen atoms in total. The summed E-state index contributed by atoms with van der Waals surface area (Å²) in [5.74, 6) is -0.247. The zero-order chi connectivity index (χ0) is 20.1. The molecule has 2 heterocycles. The fraction of sp³-hybridized carbons (Fsp3) is 0.556. The summed E-state index contributed by atoms with van der Waals surface area (Å²) in [5.41, 5.74) is 0.840. The van der Waals surface area contributed by atoms with E-state index in [1.54, 1.807) is 24.0 Å². The topological polar surface area (TPSA) is 108 Å². The lowest BCUT2D eigenvalue weighted by atomic mass is 10.2. The van der Waals surface area contributed by atoms with Crippen LogP contribution in [-0.4, -0.2) is 85.6 Å². The number of anilines is 2. The van der Waals surface area contributed by atoms with E-state index in [4.69, 9.17) is 4.74 Å². The van der Waals surface area contributed by atoms with Gasteiger partial charge in [-0.3, -0.25) is 24.6 Å². The monoisotopic (exact) mass is 391 g/mol. The van der Waals surface area contributed by atoms with Crippen molar-refractivity contribution in [2.75, 3.05) is 69.2 Å². The summed E-state index contributed by atoms with van der Waals surface area (Å²) in [6.45, 7) is 6.68. The molecule has 0 aromatic heterocycles. The third-order valence-corrected chi connectivity index (χ3v) is 5.01. The Balaban J connectivity index is 1.70. The second-order valence-electron chi connectivity index (χ2n) is 6.89. The van der Waals surface area contributed by atoms with Gasteiger partial charge in [0, 0.05) is 57.9 Å². The Morgan fingerprint density at radius 3 is 2.43 bits per heavy atom. The van der Waals surface area contributed by atoms with Crippen LogP contribution in [0.3, 0.4) is 0 Å². The molecule has 28 heavy (non-hydrogen) atoms. The van der Waals surface area contributed by atoms with Gasteiger partial charge in [-0.25, -0.2) is 0 Å². The van der Waals surface area contributed by atoms with Crippen molar-refractivity contribution in [3.63, 3.8) is 0 Å². The van der Waals surface area contributed by atoms with Gasteiger partial charge in [0.15, 0.2) is 0 Å². The zero-order valence-corrected chi connectivity index (χ0v) is 15.9. The predicted octanol–water partition coefficient (Wildman–Crippen LogP) is 0.534. The summed E-state index contributed by atoms with van der Waals surface area (Å²) >= 11 is 0. The highest BCUT2D eigenvalue weighted by Crippen LogP contribution is 2.30. The molecule has 2 fully saturated rings. The molecule has 0 bridgehead atoms. The second-order valence-corrected chi connectivity index (χ2v) is 6.89. The minimum atomic E-state index is -0.498. The second kappa shape index (κ2) is 8.98.